The molecular weight excluding hydrogens is 378 g/mol. The van der Waals surface area contributed by atoms with Crippen LogP contribution in [0.4, 0.5) is 16.2 Å². The first-order valence-electron chi connectivity index (χ1n) is 9.10. The van der Waals surface area contributed by atoms with Gasteiger partial charge in [0.1, 0.15) is 5.75 Å². The van der Waals surface area contributed by atoms with E-state index in [1.807, 2.05) is 12.1 Å². The van der Waals surface area contributed by atoms with E-state index in [0.29, 0.717) is 18.2 Å². The van der Waals surface area contributed by atoms with Gasteiger partial charge in [0, 0.05) is 25.2 Å². The molecule has 1 unspecified atom stereocenters. The highest BCUT2D eigenvalue weighted by molar-refractivity contribution is 7.92. The van der Waals surface area contributed by atoms with Gasteiger partial charge in [-0.2, -0.15) is 0 Å². The summed E-state index contributed by atoms with van der Waals surface area (Å²) in [6.45, 7) is 0.585. The number of fused-ring (bicyclic) bond motifs is 2. The first-order valence-corrected chi connectivity index (χ1v) is 10.8. The first kappa shape index (κ1) is 18.5. The number of benzene rings is 2. The molecule has 1 heterocycles. The van der Waals surface area contributed by atoms with Crippen LogP contribution in [0, 0.1) is 0 Å². The van der Waals surface area contributed by atoms with Crippen LogP contribution in [0.5, 0.6) is 0 Å². The molecule has 0 fully saturated rings. The summed E-state index contributed by atoms with van der Waals surface area (Å²) in [5, 5.41) is 5.28. The highest BCUT2D eigenvalue weighted by Gasteiger charge is 2.29. The number of aryl methyl sites for hydroxylation is 1. The van der Waals surface area contributed by atoms with E-state index in [0.717, 1.165) is 12.8 Å². The molecule has 146 valence electrons. The summed E-state index contributed by atoms with van der Waals surface area (Å²) in [4.78, 5) is 25.7. The third-order valence-corrected chi connectivity index (χ3v) is 6.91. The van der Waals surface area contributed by atoms with Gasteiger partial charge in [0.15, 0.2) is 9.84 Å². The summed E-state index contributed by atoms with van der Waals surface area (Å²) in [5.41, 5.74) is 3.24. The molecule has 0 saturated carbocycles. The van der Waals surface area contributed by atoms with Crippen LogP contribution in [0.15, 0.2) is 47.4 Å². The summed E-state index contributed by atoms with van der Waals surface area (Å²) < 4.78 is 24.4. The molecule has 28 heavy (non-hydrogen) atoms. The van der Waals surface area contributed by atoms with E-state index < -0.39 is 21.5 Å². The van der Waals surface area contributed by atoms with E-state index in [1.165, 1.54) is 23.3 Å². The highest BCUT2D eigenvalue weighted by Crippen LogP contribution is 2.33. The van der Waals surface area contributed by atoms with Crippen LogP contribution in [0.25, 0.3) is 0 Å². The molecule has 0 aromatic heterocycles. The Hall–Kier alpha value is -2.87. The van der Waals surface area contributed by atoms with Gasteiger partial charge in [-0.1, -0.05) is 24.3 Å². The van der Waals surface area contributed by atoms with Crippen molar-refractivity contribution in [3.05, 3.63) is 53.6 Å². The predicted octanol–water partition coefficient (Wildman–Crippen LogP) is 2.61. The molecule has 4 rings (SSSR count). The Labute approximate surface area is 163 Å². The number of carbonyl (C=O) groups is 2. The van der Waals surface area contributed by atoms with Crippen LogP contribution in [0.2, 0.25) is 0 Å². The molecule has 0 bridgehead atoms. The van der Waals surface area contributed by atoms with E-state index in [2.05, 4.69) is 22.8 Å². The molecule has 2 aliphatic rings. The minimum atomic E-state index is -3.70. The number of hydrogen-bond donors (Lipinski definition) is 2. The van der Waals surface area contributed by atoms with E-state index >= 15 is 0 Å². The lowest BCUT2D eigenvalue weighted by molar-refractivity contribution is -0.114. The summed E-state index contributed by atoms with van der Waals surface area (Å²) in [5.74, 6) is -0.842. The molecule has 3 amide bonds. The summed E-state index contributed by atoms with van der Waals surface area (Å²) in [7, 11) is -1.97. The van der Waals surface area contributed by atoms with Gasteiger partial charge in [0.05, 0.1) is 10.6 Å². The predicted molar refractivity (Wildman–Crippen MR) is 106 cm³/mol. The van der Waals surface area contributed by atoms with Gasteiger partial charge in [0.2, 0.25) is 5.91 Å². The number of hydrogen-bond acceptors (Lipinski definition) is 4. The number of urea groups is 1. The molecule has 7 nitrogen and oxygen atoms in total. The maximum atomic E-state index is 12.6. The lowest BCUT2D eigenvalue weighted by atomic mass is 10.0. The van der Waals surface area contributed by atoms with Crippen LogP contribution < -0.4 is 10.6 Å². The van der Waals surface area contributed by atoms with Crippen LogP contribution in [-0.4, -0.2) is 44.6 Å². The van der Waals surface area contributed by atoms with Crippen molar-refractivity contribution < 1.29 is 18.0 Å². The molecular formula is C20H21N3O4S. The molecule has 0 saturated heterocycles. The molecule has 1 aliphatic heterocycles. The number of likely N-dealkylation sites (N-methyl/N-ethyl adjacent to an activating group) is 1. The third-order valence-electron chi connectivity index (χ3n) is 5.26. The topological polar surface area (TPSA) is 95.6 Å². The van der Waals surface area contributed by atoms with Crippen molar-refractivity contribution in [2.45, 2.75) is 23.7 Å². The number of rotatable bonds is 3. The summed E-state index contributed by atoms with van der Waals surface area (Å²) >= 11 is 0. The maximum absolute atomic E-state index is 12.6. The second-order valence-corrected chi connectivity index (χ2v) is 9.22. The number of carbonyl (C=O) groups excluding carboxylic acids is 2. The molecule has 0 spiro atoms. The van der Waals surface area contributed by atoms with Gasteiger partial charge in [-0.15, -0.1) is 0 Å². The van der Waals surface area contributed by atoms with Crippen LogP contribution in [0.1, 0.15) is 23.5 Å². The van der Waals surface area contributed by atoms with Gasteiger partial charge in [-0.25, -0.2) is 13.2 Å². The molecule has 2 aromatic rings. The average molecular weight is 399 g/mol. The van der Waals surface area contributed by atoms with E-state index in [1.54, 1.807) is 18.0 Å². The molecule has 1 aliphatic carbocycles. The number of nitrogens with one attached hydrogen (secondary N) is 2. The average Bonchev–Trinajstić information content (AvgIpc) is 3.04. The van der Waals surface area contributed by atoms with Crippen molar-refractivity contribution in [1.29, 1.82) is 0 Å². The molecule has 2 aromatic carbocycles. The fourth-order valence-electron chi connectivity index (χ4n) is 3.86. The largest absolute Gasteiger partial charge is 0.327 e. The number of sulfone groups is 1. The van der Waals surface area contributed by atoms with Gasteiger partial charge in [0.25, 0.3) is 0 Å². The molecule has 1 atom stereocenters. The van der Waals surface area contributed by atoms with Crippen LogP contribution in [-0.2, 0) is 21.1 Å². The fraction of sp³-hybridized carbons (Fsp3) is 0.300. The monoisotopic (exact) mass is 399 g/mol. The van der Waals surface area contributed by atoms with Gasteiger partial charge in [-0.05, 0) is 42.2 Å². The van der Waals surface area contributed by atoms with Crippen molar-refractivity contribution in [3.63, 3.8) is 0 Å². The standard InChI is InChI=1S/C20H21N3O4S/c1-23(11-14-7-6-13-4-2-3-5-16(13)14)20(25)21-15-8-9-17-18(10-15)28(26,27)12-19(24)22-17/h2-5,8-10,14H,6-7,11-12H2,1H3,(H,21,25)(H,22,24). The van der Waals surface area contributed by atoms with Crippen LogP contribution >= 0.6 is 0 Å². The van der Waals surface area contributed by atoms with E-state index in [-0.39, 0.29) is 16.6 Å². The second-order valence-electron chi connectivity index (χ2n) is 7.26. The van der Waals surface area contributed by atoms with Crippen molar-refractivity contribution in [2.24, 2.45) is 0 Å². The quantitative estimate of drug-likeness (QED) is 0.829. The summed E-state index contributed by atoms with van der Waals surface area (Å²) in [6.07, 6.45) is 2.03. The number of anilines is 2. The zero-order chi connectivity index (χ0) is 19.9. The SMILES string of the molecule is CN(CC1CCc2ccccc21)C(=O)Nc1ccc2c(c1)S(=O)(=O)CC(=O)N2. The maximum Gasteiger partial charge on any atom is 0.321 e. The smallest absolute Gasteiger partial charge is 0.321 e. The normalized spacial score (nSPS) is 19.3. The third kappa shape index (κ3) is 3.47. The van der Waals surface area contributed by atoms with E-state index in [9.17, 15) is 18.0 Å². The zero-order valence-electron chi connectivity index (χ0n) is 15.4. The number of amides is 3. The van der Waals surface area contributed by atoms with Gasteiger partial charge >= 0.3 is 6.03 Å². The lowest BCUT2D eigenvalue weighted by Crippen LogP contribution is -2.34. The van der Waals surface area contributed by atoms with Crippen molar-refractivity contribution in [3.8, 4) is 0 Å². The highest BCUT2D eigenvalue weighted by atomic mass is 32.2. The van der Waals surface area contributed by atoms with Crippen molar-refractivity contribution in [1.82, 2.24) is 4.90 Å². The zero-order valence-corrected chi connectivity index (χ0v) is 16.3. The van der Waals surface area contributed by atoms with Crippen molar-refractivity contribution >= 4 is 33.2 Å². The second kappa shape index (κ2) is 6.94. The van der Waals surface area contributed by atoms with Gasteiger partial charge < -0.3 is 15.5 Å². The minimum Gasteiger partial charge on any atom is -0.327 e. The lowest BCUT2D eigenvalue weighted by Gasteiger charge is -2.23. The van der Waals surface area contributed by atoms with Gasteiger partial charge in [-0.3, -0.25) is 4.79 Å². The number of nitrogens with zero attached hydrogens (tertiary/aromatic N) is 1. The Morgan fingerprint density at radius 2 is 2.04 bits per heavy atom. The minimum absolute atomic E-state index is 0.0253. The van der Waals surface area contributed by atoms with Crippen molar-refractivity contribution in [2.75, 3.05) is 30.0 Å². The van der Waals surface area contributed by atoms with Crippen LogP contribution in [0.3, 0.4) is 0 Å². The summed E-state index contributed by atoms with van der Waals surface area (Å²) in [6, 6.07) is 12.4. The van der Waals surface area contributed by atoms with E-state index in [4.69, 9.17) is 0 Å². The molecule has 0 radical (unpaired) electrons. The Bertz CT molecular complexity index is 1060. The first-order chi connectivity index (χ1) is 13.3. The Balaban J connectivity index is 1.46. The molecule has 8 heteroatoms. The Morgan fingerprint density at radius 3 is 2.86 bits per heavy atom. The Kier molecular flexibility index (Phi) is 4.58. The fourth-order valence-corrected chi connectivity index (χ4v) is 5.20. The molecule has 2 N–H and O–H groups in total. The Morgan fingerprint density at radius 1 is 1.25 bits per heavy atom.